The zero-order valence-electron chi connectivity index (χ0n) is 10.8. The molecule has 0 saturated carbocycles. The molecule has 1 aliphatic rings. The van der Waals surface area contributed by atoms with Gasteiger partial charge in [0.2, 0.25) is 0 Å². The minimum atomic E-state index is 0.464. The lowest BCUT2D eigenvalue weighted by Gasteiger charge is -2.36. The van der Waals surface area contributed by atoms with E-state index in [0.29, 0.717) is 6.04 Å². The van der Waals surface area contributed by atoms with E-state index in [1.807, 2.05) is 0 Å². The highest BCUT2D eigenvalue weighted by atomic mass is 16.5. The van der Waals surface area contributed by atoms with Crippen molar-refractivity contribution in [2.24, 2.45) is 0 Å². The molecule has 1 atom stereocenters. The lowest BCUT2D eigenvalue weighted by atomic mass is 10.1. The van der Waals surface area contributed by atoms with Crippen LogP contribution in [0.5, 0.6) is 0 Å². The van der Waals surface area contributed by atoms with Crippen LogP contribution in [-0.2, 0) is 11.3 Å². The molecule has 1 unspecified atom stereocenters. The summed E-state index contributed by atoms with van der Waals surface area (Å²) in [4.78, 5) is 2.45. The minimum Gasteiger partial charge on any atom is -0.377 e. The number of rotatable bonds is 4. The Morgan fingerprint density at radius 2 is 2.24 bits per heavy atom. The van der Waals surface area contributed by atoms with Gasteiger partial charge >= 0.3 is 0 Å². The van der Waals surface area contributed by atoms with Crippen molar-refractivity contribution < 1.29 is 4.74 Å². The van der Waals surface area contributed by atoms with Crippen molar-refractivity contribution in [3.8, 4) is 0 Å². The first kappa shape index (κ1) is 12.4. The first-order valence-corrected chi connectivity index (χ1v) is 6.46. The van der Waals surface area contributed by atoms with Gasteiger partial charge in [-0.1, -0.05) is 25.1 Å². The number of morpholine rings is 1. The summed E-state index contributed by atoms with van der Waals surface area (Å²) in [6.07, 6.45) is 0. The molecular weight excluding hydrogens is 212 g/mol. The van der Waals surface area contributed by atoms with Crippen LogP contribution in [0.3, 0.4) is 0 Å². The second kappa shape index (κ2) is 6.03. The second-order valence-electron chi connectivity index (χ2n) is 4.53. The van der Waals surface area contributed by atoms with Crippen LogP contribution in [0.15, 0.2) is 24.3 Å². The van der Waals surface area contributed by atoms with Crippen molar-refractivity contribution in [1.82, 2.24) is 5.32 Å². The number of para-hydroxylation sites is 1. The standard InChI is InChI=1S/C14H22N2O/c1-3-15-10-13-6-4-5-7-14(13)16-8-9-17-11-12(16)2/h4-7,12,15H,3,8-11H2,1-2H3. The molecule has 2 rings (SSSR count). The van der Waals surface area contributed by atoms with Gasteiger partial charge in [0.15, 0.2) is 0 Å². The molecule has 1 heterocycles. The minimum absolute atomic E-state index is 0.464. The fourth-order valence-electron chi connectivity index (χ4n) is 2.29. The predicted octanol–water partition coefficient (Wildman–Crippen LogP) is 2.02. The molecule has 0 bridgehead atoms. The molecule has 0 radical (unpaired) electrons. The van der Waals surface area contributed by atoms with Gasteiger partial charge in [0.25, 0.3) is 0 Å². The van der Waals surface area contributed by atoms with Crippen LogP contribution in [0.4, 0.5) is 5.69 Å². The normalized spacial score (nSPS) is 20.6. The van der Waals surface area contributed by atoms with Crippen molar-refractivity contribution in [3.05, 3.63) is 29.8 Å². The largest absolute Gasteiger partial charge is 0.377 e. The average molecular weight is 234 g/mol. The second-order valence-corrected chi connectivity index (χ2v) is 4.53. The van der Waals surface area contributed by atoms with E-state index in [2.05, 4.69) is 48.3 Å². The maximum absolute atomic E-state index is 5.50. The van der Waals surface area contributed by atoms with Gasteiger partial charge in [-0.15, -0.1) is 0 Å². The molecular formula is C14H22N2O. The third kappa shape index (κ3) is 2.99. The van der Waals surface area contributed by atoms with Gasteiger partial charge in [-0.25, -0.2) is 0 Å². The molecule has 94 valence electrons. The summed E-state index contributed by atoms with van der Waals surface area (Å²) in [7, 11) is 0. The third-order valence-corrected chi connectivity index (χ3v) is 3.23. The summed E-state index contributed by atoms with van der Waals surface area (Å²) in [5, 5.41) is 3.40. The maximum atomic E-state index is 5.50. The zero-order chi connectivity index (χ0) is 12.1. The molecule has 0 aromatic heterocycles. The van der Waals surface area contributed by atoms with Crippen LogP contribution >= 0.6 is 0 Å². The first-order valence-electron chi connectivity index (χ1n) is 6.46. The van der Waals surface area contributed by atoms with Crippen molar-refractivity contribution in [2.75, 3.05) is 31.2 Å². The average Bonchev–Trinajstić information content (AvgIpc) is 2.37. The summed E-state index contributed by atoms with van der Waals surface area (Å²) in [6.45, 7) is 8.96. The highest BCUT2D eigenvalue weighted by molar-refractivity contribution is 5.54. The molecule has 1 aromatic carbocycles. The third-order valence-electron chi connectivity index (χ3n) is 3.23. The van der Waals surface area contributed by atoms with Crippen LogP contribution in [-0.4, -0.2) is 32.3 Å². The molecule has 1 N–H and O–H groups in total. The van der Waals surface area contributed by atoms with E-state index in [-0.39, 0.29) is 0 Å². The number of hydrogen-bond donors (Lipinski definition) is 1. The Balaban J connectivity index is 2.17. The quantitative estimate of drug-likeness (QED) is 0.862. The summed E-state index contributed by atoms with van der Waals surface area (Å²) in [5.74, 6) is 0. The number of benzene rings is 1. The summed E-state index contributed by atoms with van der Waals surface area (Å²) in [5.41, 5.74) is 2.73. The summed E-state index contributed by atoms with van der Waals surface area (Å²) < 4.78 is 5.50. The summed E-state index contributed by atoms with van der Waals surface area (Å²) in [6, 6.07) is 9.12. The maximum Gasteiger partial charge on any atom is 0.0668 e. The Morgan fingerprint density at radius 1 is 1.41 bits per heavy atom. The monoisotopic (exact) mass is 234 g/mol. The molecule has 0 amide bonds. The van der Waals surface area contributed by atoms with Crippen LogP contribution < -0.4 is 10.2 Å². The zero-order valence-corrected chi connectivity index (χ0v) is 10.8. The summed E-state index contributed by atoms with van der Waals surface area (Å²) >= 11 is 0. The van der Waals surface area contributed by atoms with Crippen LogP contribution in [0, 0.1) is 0 Å². The van der Waals surface area contributed by atoms with E-state index >= 15 is 0 Å². The highest BCUT2D eigenvalue weighted by Crippen LogP contribution is 2.24. The molecule has 3 nitrogen and oxygen atoms in total. The van der Waals surface area contributed by atoms with Gasteiger partial charge in [-0.3, -0.25) is 0 Å². The van der Waals surface area contributed by atoms with Gasteiger partial charge in [0.1, 0.15) is 0 Å². The van der Waals surface area contributed by atoms with Crippen LogP contribution in [0.1, 0.15) is 19.4 Å². The molecule has 0 aliphatic carbocycles. The van der Waals surface area contributed by atoms with Crippen LogP contribution in [0.2, 0.25) is 0 Å². The lowest BCUT2D eigenvalue weighted by Crippen LogP contribution is -2.44. The van der Waals surface area contributed by atoms with Gasteiger partial charge in [0, 0.05) is 24.8 Å². The van der Waals surface area contributed by atoms with E-state index in [1.165, 1.54) is 11.3 Å². The van der Waals surface area contributed by atoms with Gasteiger partial charge in [0.05, 0.1) is 13.2 Å². The van der Waals surface area contributed by atoms with E-state index in [0.717, 1.165) is 32.8 Å². The number of hydrogen-bond acceptors (Lipinski definition) is 3. The first-order chi connectivity index (χ1) is 8.33. The predicted molar refractivity (Wildman–Crippen MR) is 71.4 cm³/mol. The molecule has 0 spiro atoms. The molecule has 17 heavy (non-hydrogen) atoms. The Hall–Kier alpha value is -1.06. The van der Waals surface area contributed by atoms with Crippen molar-refractivity contribution in [3.63, 3.8) is 0 Å². The fraction of sp³-hybridized carbons (Fsp3) is 0.571. The van der Waals surface area contributed by atoms with Gasteiger partial charge < -0.3 is 15.0 Å². The van der Waals surface area contributed by atoms with Crippen molar-refractivity contribution >= 4 is 5.69 Å². The highest BCUT2D eigenvalue weighted by Gasteiger charge is 2.20. The smallest absolute Gasteiger partial charge is 0.0668 e. The van der Waals surface area contributed by atoms with Crippen molar-refractivity contribution in [2.45, 2.75) is 26.4 Å². The SMILES string of the molecule is CCNCc1ccccc1N1CCOCC1C. The Kier molecular flexibility index (Phi) is 4.40. The molecule has 1 fully saturated rings. The molecule has 1 aliphatic heterocycles. The number of ether oxygens (including phenoxy) is 1. The van der Waals surface area contributed by atoms with E-state index in [1.54, 1.807) is 0 Å². The molecule has 1 aromatic rings. The Bertz CT molecular complexity index is 354. The van der Waals surface area contributed by atoms with Crippen LogP contribution in [0.25, 0.3) is 0 Å². The van der Waals surface area contributed by atoms with E-state index in [4.69, 9.17) is 4.74 Å². The molecule has 3 heteroatoms. The number of nitrogens with zero attached hydrogens (tertiary/aromatic N) is 1. The number of anilines is 1. The lowest BCUT2D eigenvalue weighted by molar-refractivity contribution is 0.0988. The van der Waals surface area contributed by atoms with E-state index in [9.17, 15) is 0 Å². The van der Waals surface area contributed by atoms with Crippen molar-refractivity contribution in [1.29, 1.82) is 0 Å². The van der Waals surface area contributed by atoms with Gasteiger partial charge in [-0.2, -0.15) is 0 Å². The Labute approximate surface area is 104 Å². The molecule has 1 saturated heterocycles. The van der Waals surface area contributed by atoms with Gasteiger partial charge in [-0.05, 0) is 25.1 Å². The fourth-order valence-corrected chi connectivity index (χ4v) is 2.29. The topological polar surface area (TPSA) is 24.5 Å². The Morgan fingerprint density at radius 3 is 3.00 bits per heavy atom. The van der Waals surface area contributed by atoms with E-state index < -0.39 is 0 Å². The number of nitrogens with one attached hydrogen (secondary N) is 1.